The van der Waals surface area contributed by atoms with Crippen molar-refractivity contribution in [3.05, 3.63) is 58.9 Å². The minimum absolute atomic E-state index is 0.0117. The summed E-state index contributed by atoms with van der Waals surface area (Å²) in [6, 6.07) is 2.14. The number of aryl methyl sites for hydroxylation is 2. The van der Waals surface area contributed by atoms with Gasteiger partial charge in [0.1, 0.15) is 11.4 Å². The van der Waals surface area contributed by atoms with Crippen molar-refractivity contribution in [3.63, 3.8) is 0 Å². The fraction of sp³-hybridized carbons (Fsp3) is 0.316. The van der Waals surface area contributed by atoms with E-state index in [1.54, 1.807) is 0 Å². The van der Waals surface area contributed by atoms with E-state index in [2.05, 4.69) is 25.4 Å². The Kier molecular flexibility index (Phi) is 5.13. The van der Waals surface area contributed by atoms with E-state index in [0.29, 0.717) is 30.2 Å². The number of carbonyl (C=O) groups is 1. The number of fused-ring (bicyclic) bond motifs is 1. The number of nitrogens with zero attached hydrogens (tertiary/aromatic N) is 5. The number of hydrogen-bond acceptors (Lipinski definition) is 5. The SMILES string of the molecule is Cn1nc(C(F)(F)F)cc1C(=O)N[C@H]1CCc2cnc(-c3ccnc(C(F)(F)F)c3)nc21. The van der Waals surface area contributed by atoms with Crippen molar-refractivity contribution in [1.82, 2.24) is 30.0 Å². The minimum Gasteiger partial charge on any atom is -0.342 e. The molecule has 4 rings (SSSR count). The van der Waals surface area contributed by atoms with Crippen molar-refractivity contribution >= 4 is 5.91 Å². The van der Waals surface area contributed by atoms with Crippen molar-refractivity contribution in [2.75, 3.05) is 0 Å². The van der Waals surface area contributed by atoms with Gasteiger partial charge in [-0.2, -0.15) is 31.4 Å². The maximum atomic E-state index is 12.9. The standard InChI is InChI=1S/C19H14F6N6O/c1-31-12(7-14(30-31)19(23,24)25)17(32)28-11-3-2-10-8-27-16(29-15(10)11)9-4-5-26-13(6-9)18(20,21)22/h4-8,11H,2-3H2,1H3,(H,28,32)/t11-/m0/s1. The van der Waals surface area contributed by atoms with Crippen LogP contribution in [-0.4, -0.2) is 30.6 Å². The quantitative estimate of drug-likeness (QED) is 0.608. The minimum atomic E-state index is -4.70. The molecule has 32 heavy (non-hydrogen) atoms. The highest BCUT2D eigenvalue weighted by Gasteiger charge is 2.36. The summed E-state index contributed by atoms with van der Waals surface area (Å²) in [5, 5.41) is 5.93. The van der Waals surface area contributed by atoms with Gasteiger partial charge in [0.05, 0.1) is 11.7 Å². The second-order valence-corrected chi connectivity index (χ2v) is 7.13. The Morgan fingerprint density at radius 3 is 2.47 bits per heavy atom. The van der Waals surface area contributed by atoms with E-state index in [4.69, 9.17) is 0 Å². The predicted molar refractivity (Wildman–Crippen MR) is 97.0 cm³/mol. The summed E-state index contributed by atoms with van der Waals surface area (Å²) in [7, 11) is 1.22. The number of aromatic nitrogens is 5. The molecule has 0 aliphatic heterocycles. The first-order valence-corrected chi connectivity index (χ1v) is 9.25. The van der Waals surface area contributed by atoms with E-state index in [-0.39, 0.29) is 17.1 Å². The van der Waals surface area contributed by atoms with E-state index < -0.39 is 35.7 Å². The highest BCUT2D eigenvalue weighted by molar-refractivity contribution is 5.93. The molecule has 3 aromatic rings. The van der Waals surface area contributed by atoms with Crippen molar-refractivity contribution < 1.29 is 31.1 Å². The Labute approximate surface area is 176 Å². The zero-order chi connectivity index (χ0) is 23.3. The van der Waals surface area contributed by atoms with Crippen LogP contribution in [0.1, 0.15) is 45.6 Å². The number of carbonyl (C=O) groups excluding carboxylic acids is 1. The van der Waals surface area contributed by atoms with Gasteiger partial charge in [-0.05, 0) is 30.5 Å². The van der Waals surface area contributed by atoms with Crippen LogP contribution in [0.5, 0.6) is 0 Å². The smallest absolute Gasteiger partial charge is 0.342 e. The Bertz CT molecular complexity index is 1190. The topological polar surface area (TPSA) is 85.6 Å². The van der Waals surface area contributed by atoms with E-state index >= 15 is 0 Å². The largest absolute Gasteiger partial charge is 0.435 e. The van der Waals surface area contributed by atoms with Gasteiger partial charge in [-0.3, -0.25) is 14.5 Å². The Morgan fingerprint density at radius 2 is 1.81 bits per heavy atom. The zero-order valence-electron chi connectivity index (χ0n) is 16.3. The third-order valence-electron chi connectivity index (χ3n) is 4.95. The molecule has 1 aliphatic rings. The summed E-state index contributed by atoms with van der Waals surface area (Å²) in [5.41, 5.74) is -1.41. The van der Waals surface area contributed by atoms with Gasteiger partial charge in [0.2, 0.25) is 0 Å². The van der Waals surface area contributed by atoms with Gasteiger partial charge in [0.25, 0.3) is 5.91 Å². The molecular weight excluding hydrogens is 442 g/mol. The van der Waals surface area contributed by atoms with Crippen LogP contribution >= 0.6 is 0 Å². The van der Waals surface area contributed by atoms with Crippen LogP contribution in [0.15, 0.2) is 30.6 Å². The predicted octanol–water partition coefficient (Wildman–Crippen LogP) is 3.73. The van der Waals surface area contributed by atoms with Gasteiger partial charge in [-0.25, -0.2) is 9.97 Å². The van der Waals surface area contributed by atoms with Crippen molar-refractivity contribution in [1.29, 1.82) is 0 Å². The average molecular weight is 456 g/mol. The lowest BCUT2D eigenvalue weighted by molar-refractivity contribution is -0.142. The zero-order valence-corrected chi connectivity index (χ0v) is 16.3. The fourth-order valence-corrected chi connectivity index (χ4v) is 3.41. The molecule has 1 amide bonds. The molecule has 0 radical (unpaired) electrons. The van der Waals surface area contributed by atoms with Crippen LogP contribution in [0.25, 0.3) is 11.4 Å². The molecule has 7 nitrogen and oxygen atoms in total. The molecular formula is C19H14F6N6O. The molecule has 0 saturated heterocycles. The van der Waals surface area contributed by atoms with Gasteiger partial charge in [-0.15, -0.1) is 0 Å². The number of alkyl halides is 6. The van der Waals surface area contributed by atoms with Gasteiger partial charge in [0, 0.05) is 31.1 Å². The highest BCUT2D eigenvalue weighted by Crippen LogP contribution is 2.33. The van der Waals surface area contributed by atoms with Crippen LogP contribution in [0.2, 0.25) is 0 Å². The molecule has 168 valence electrons. The molecule has 0 saturated carbocycles. The summed E-state index contributed by atoms with van der Waals surface area (Å²) < 4.78 is 78.2. The lowest BCUT2D eigenvalue weighted by atomic mass is 10.1. The molecule has 0 spiro atoms. The molecule has 0 bridgehead atoms. The summed E-state index contributed by atoms with van der Waals surface area (Å²) in [6.45, 7) is 0. The molecule has 1 aliphatic carbocycles. The maximum absolute atomic E-state index is 12.9. The number of halogens is 6. The third kappa shape index (κ3) is 4.14. The summed E-state index contributed by atoms with van der Waals surface area (Å²) >= 11 is 0. The van der Waals surface area contributed by atoms with Gasteiger partial charge in [-0.1, -0.05) is 0 Å². The number of rotatable bonds is 3. The average Bonchev–Trinajstić information content (AvgIpc) is 3.30. The molecule has 3 aromatic heterocycles. The molecule has 0 aromatic carbocycles. The Hall–Kier alpha value is -3.51. The molecule has 0 fully saturated rings. The fourth-order valence-electron chi connectivity index (χ4n) is 3.41. The maximum Gasteiger partial charge on any atom is 0.435 e. The van der Waals surface area contributed by atoms with Crippen LogP contribution in [0.4, 0.5) is 26.3 Å². The first kappa shape index (κ1) is 21.7. The van der Waals surface area contributed by atoms with Crippen molar-refractivity contribution in [2.45, 2.75) is 31.2 Å². The van der Waals surface area contributed by atoms with Gasteiger partial charge < -0.3 is 5.32 Å². The van der Waals surface area contributed by atoms with Crippen LogP contribution < -0.4 is 5.32 Å². The summed E-state index contributed by atoms with van der Waals surface area (Å²) in [5.74, 6) is -0.769. The monoisotopic (exact) mass is 456 g/mol. The lowest BCUT2D eigenvalue weighted by Crippen LogP contribution is -2.29. The van der Waals surface area contributed by atoms with Crippen molar-refractivity contribution in [2.24, 2.45) is 7.05 Å². The normalized spacial score (nSPS) is 16.2. The number of amides is 1. The van der Waals surface area contributed by atoms with Gasteiger partial charge >= 0.3 is 12.4 Å². The van der Waals surface area contributed by atoms with E-state index in [1.165, 1.54) is 19.3 Å². The first-order valence-electron chi connectivity index (χ1n) is 9.25. The Morgan fingerprint density at radius 1 is 1.09 bits per heavy atom. The van der Waals surface area contributed by atoms with Gasteiger partial charge in [0.15, 0.2) is 11.5 Å². The number of nitrogens with one attached hydrogen (secondary N) is 1. The number of hydrogen-bond donors (Lipinski definition) is 1. The van der Waals surface area contributed by atoms with E-state index in [0.717, 1.165) is 16.9 Å². The van der Waals surface area contributed by atoms with Crippen molar-refractivity contribution in [3.8, 4) is 11.4 Å². The second kappa shape index (κ2) is 7.57. The van der Waals surface area contributed by atoms with Crippen LogP contribution in [0.3, 0.4) is 0 Å². The summed E-state index contributed by atoms with van der Waals surface area (Å²) in [4.78, 5) is 24.3. The third-order valence-corrected chi connectivity index (χ3v) is 4.95. The lowest BCUT2D eigenvalue weighted by Gasteiger charge is -2.14. The molecule has 1 N–H and O–H groups in total. The molecule has 0 unspecified atom stereocenters. The first-order chi connectivity index (χ1) is 14.9. The van der Waals surface area contributed by atoms with E-state index in [9.17, 15) is 31.1 Å². The highest BCUT2D eigenvalue weighted by atomic mass is 19.4. The second-order valence-electron chi connectivity index (χ2n) is 7.13. The van der Waals surface area contributed by atoms with E-state index in [1.807, 2.05) is 0 Å². The molecule has 1 atom stereocenters. The Balaban J connectivity index is 1.60. The summed E-state index contributed by atoms with van der Waals surface area (Å²) in [6.07, 6.45) is -5.98. The van der Waals surface area contributed by atoms with Crippen LogP contribution in [-0.2, 0) is 25.8 Å². The number of pyridine rings is 1. The molecule has 13 heteroatoms. The van der Waals surface area contributed by atoms with Crippen LogP contribution in [0, 0.1) is 0 Å². The molecule has 3 heterocycles.